The number of hydrogen-bond donors (Lipinski definition) is 0. The Morgan fingerprint density at radius 1 is 1.00 bits per heavy atom. The molecule has 0 saturated carbocycles. The van der Waals surface area contributed by atoms with Crippen LogP contribution in [0, 0.1) is 13.8 Å². The van der Waals surface area contributed by atoms with Crippen LogP contribution in [0.15, 0.2) is 42.2 Å². The van der Waals surface area contributed by atoms with Gasteiger partial charge in [0.25, 0.3) is 0 Å². The van der Waals surface area contributed by atoms with Gasteiger partial charge in [-0.25, -0.2) is 0 Å². The van der Waals surface area contributed by atoms with Crippen LogP contribution in [0.5, 0.6) is 11.5 Å². The maximum absolute atomic E-state index is 12.5. The maximum atomic E-state index is 12.5. The van der Waals surface area contributed by atoms with Gasteiger partial charge in [-0.1, -0.05) is 38.3 Å². The first-order chi connectivity index (χ1) is 12.6. The number of carbonyl (C=O) groups excluding carboxylic acids is 1. The zero-order valence-corrected chi connectivity index (χ0v) is 15.8. The molecule has 136 valence electrons. The van der Waals surface area contributed by atoms with Gasteiger partial charge in [-0.15, -0.1) is 0 Å². The molecule has 0 N–H and O–H groups in total. The highest BCUT2D eigenvalue weighted by molar-refractivity contribution is 6.14. The van der Waals surface area contributed by atoms with E-state index >= 15 is 0 Å². The van der Waals surface area contributed by atoms with Crippen molar-refractivity contribution in [3.05, 3.63) is 64.4 Å². The van der Waals surface area contributed by atoms with Crippen LogP contribution in [0.1, 0.15) is 59.7 Å². The fraction of sp³-hybridized carbons (Fsp3) is 0.348. The highest BCUT2D eigenvalue weighted by atomic mass is 16.5. The van der Waals surface area contributed by atoms with Crippen LogP contribution in [0.2, 0.25) is 0 Å². The Bertz CT molecular complexity index is 816. The number of unbranched alkanes of at least 4 members (excludes halogenated alkanes) is 3. The van der Waals surface area contributed by atoms with E-state index in [1.165, 1.54) is 19.3 Å². The van der Waals surface area contributed by atoms with Gasteiger partial charge < -0.3 is 9.47 Å². The molecule has 0 bridgehead atoms. The van der Waals surface area contributed by atoms with E-state index in [0.717, 1.165) is 35.5 Å². The molecule has 1 heterocycles. The highest BCUT2D eigenvalue weighted by Crippen LogP contribution is 2.34. The molecule has 3 heteroatoms. The summed E-state index contributed by atoms with van der Waals surface area (Å²) in [5.74, 6) is 1.82. The van der Waals surface area contributed by atoms with E-state index in [1.54, 1.807) is 6.08 Å². The molecule has 0 aromatic heterocycles. The van der Waals surface area contributed by atoms with E-state index in [4.69, 9.17) is 9.47 Å². The summed E-state index contributed by atoms with van der Waals surface area (Å²) < 4.78 is 11.5. The van der Waals surface area contributed by atoms with E-state index in [9.17, 15) is 4.79 Å². The average Bonchev–Trinajstić information content (AvgIpc) is 2.92. The largest absolute Gasteiger partial charge is 0.494 e. The Kier molecular flexibility index (Phi) is 5.77. The second-order valence-corrected chi connectivity index (χ2v) is 6.85. The fourth-order valence-electron chi connectivity index (χ4n) is 2.97. The maximum Gasteiger partial charge on any atom is 0.231 e. The predicted molar refractivity (Wildman–Crippen MR) is 105 cm³/mol. The topological polar surface area (TPSA) is 35.5 Å². The van der Waals surface area contributed by atoms with Crippen molar-refractivity contribution in [2.75, 3.05) is 6.61 Å². The summed E-state index contributed by atoms with van der Waals surface area (Å²) in [4.78, 5) is 12.5. The highest BCUT2D eigenvalue weighted by Gasteiger charge is 2.27. The number of carbonyl (C=O) groups is 1. The third-order valence-electron chi connectivity index (χ3n) is 4.73. The lowest BCUT2D eigenvalue weighted by Crippen LogP contribution is -1.99. The lowest BCUT2D eigenvalue weighted by molar-refractivity contribution is 0.101. The van der Waals surface area contributed by atoms with E-state index in [2.05, 4.69) is 6.92 Å². The smallest absolute Gasteiger partial charge is 0.231 e. The van der Waals surface area contributed by atoms with Crippen molar-refractivity contribution in [3.63, 3.8) is 0 Å². The number of Topliss-reactive ketones (excluding diaryl/α,β-unsaturated/α-hetero) is 1. The first-order valence-electron chi connectivity index (χ1n) is 9.37. The minimum absolute atomic E-state index is 0.0562. The zero-order chi connectivity index (χ0) is 18.5. The summed E-state index contributed by atoms with van der Waals surface area (Å²) in [5.41, 5.74) is 3.79. The van der Waals surface area contributed by atoms with Crippen LogP contribution >= 0.6 is 0 Å². The van der Waals surface area contributed by atoms with Gasteiger partial charge in [0, 0.05) is 0 Å². The van der Waals surface area contributed by atoms with Crippen molar-refractivity contribution < 1.29 is 14.3 Å². The van der Waals surface area contributed by atoms with Crippen molar-refractivity contribution in [2.45, 2.75) is 46.5 Å². The summed E-state index contributed by atoms with van der Waals surface area (Å²) in [6.07, 6.45) is 6.56. The first kappa shape index (κ1) is 18.2. The van der Waals surface area contributed by atoms with Crippen LogP contribution in [0.3, 0.4) is 0 Å². The SMILES string of the molecule is CCCCCCOc1ccc(/C=C2\Oc3cc(C)c(C)cc3C2=O)cc1. The quantitative estimate of drug-likeness (QED) is 0.462. The minimum Gasteiger partial charge on any atom is -0.494 e. The van der Waals surface area contributed by atoms with Crippen molar-refractivity contribution in [1.82, 2.24) is 0 Å². The molecule has 1 aliphatic rings. The molecule has 0 saturated heterocycles. The molecular weight excluding hydrogens is 324 g/mol. The summed E-state index contributed by atoms with van der Waals surface area (Å²) in [5, 5.41) is 0. The van der Waals surface area contributed by atoms with Crippen LogP contribution in [-0.2, 0) is 0 Å². The van der Waals surface area contributed by atoms with Crippen molar-refractivity contribution in [2.24, 2.45) is 0 Å². The number of aryl methyl sites for hydroxylation is 2. The third kappa shape index (κ3) is 4.16. The standard InChI is InChI=1S/C23H26O3/c1-4-5-6-7-12-25-19-10-8-18(9-11-19)15-22-23(24)20-13-16(2)17(3)14-21(20)26-22/h8-11,13-15H,4-7,12H2,1-3H3/b22-15-. The number of allylic oxidation sites excluding steroid dienone is 1. The van der Waals surface area contributed by atoms with Crippen LogP contribution in [0.25, 0.3) is 6.08 Å². The molecule has 3 rings (SSSR count). The molecule has 0 atom stereocenters. The molecule has 0 fully saturated rings. The summed E-state index contributed by atoms with van der Waals surface area (Å²) in [6.45, 7) is 6.97. The minimum atomic E-state index is -0.0562. The predicted octanol–water partition coefficient (Wildman–Crippen LogP) is 5.88. The number of ketones is 1. The van der Waals surface area contributed by atoms with Crippen molar-refractivity contribution >= 4 is 11.9 Å². The van der Waals surface area contributed by atoms with Gasteiger partial charge >= 0.3 is 0 Å². The van der Waals surface area contributed by atoms with Crippen LogP contribution in [0.4, 0.5) is 0 Å². The number of rotatable bonds is 7. The zero-order valence-electron chi connectivity index (χ0n) is 15.8. The molecule has 0 radical (unpaired) electrons. The average molecular weight is 350 g/mol. The van der Waals surface area contributed by atoms with Crippen molar-refractivity contribution in [1.29, 1.82) is 0 Å². The van der Waals surface area contributed by atoms with E-state index in [-0.39, 0.29) is 5.78 Å². The van der Waals surface area contributed by atoms with Crippen LogP contribution < -0.4 is 9.47 Å². The fourth-order valence-corrected chi connectivity index (χ4v) is 2.97. The van der Waals surface area contributed by atoms with Gasteiger partial charge in [-0.3, -0.25) is 4.79 Å². The molecule has 3 nitrogen and oxygen atoms in total. The lowest BCUT2D eigenvalue weighted by Gasteiger charge is -2.06. The van der Waals surface area contributed by atoms with E-state index in [0.29, 0.717) is 17.1 Å². The number of benzene rings is 2. The second-order valence-electron chi connectivity index (χ2n) is 6.85. The first-order valence-corrected chi connectivity index (χ1v) is 9.37. The van der Waals surface area contributed by atoms with Gasteiger partial charge in [-0.2, -0.15) is 0 Å². The summed E-state index contributed by atoms with van der Waals surface area (Å²) >= 11 is 0. The number of fused-ring (bicyclic) bond motifs is 1. The molecule has 0 amide bonds. The van der Waals surface area contributed by atoms with Gasteiger partial charge in [0.15, 0.2) is 5.76 Å². The monoisotopic (exact) mass is 350 g/mol. The van der Waals surface area contributed by atoms with Gasteiger partial charge in [0.2, 0.25) is 5.78 Å². The van der Waals surface area contributed by atoms with Crippen molar-refractivity contribution in [3.8, 4) is 11.5 Å². The molecule has 2 aromatic rings. The Hall–Kier alpha value is -2.55. The molecule has 26 heavy (non-hydrogen) atoms. The molecule has 1 aliphatic heterocycles. The van der Waals surface area contributed by atoms with Gasteiger partial charge in [0.1, 0.15) is 11.5 Å². The third-order valence-corrected chi connectivity index (χ3v) is 4.73. The Balaban J connectivity index is 1.64. The van der Waals surface area contributed by atoms with Crippen LogP contribution in [-0.4, -0.2) is 12.4 Å². The molecule has 0 spiro atoms. The molecule has 0 aliphatic carbocycles. The normalized spacial score (nSPS) is 14.4. The lowest BCUT2D eigenvalue weighted by atomic mass is 10.0. The van der Waals surface area contributed by atoms with E-state index in [1.807, 2.05) is 50.2 Å². The Labute approximate surface area is 155 Å². The second kappa shape index (κ2) is 8.22. The molecule has 2 aromatic carbocycles. The van der Waals surface area contributed by atoms with E-state index < -0.39 is 0 Å². The Morgan fingerprint density at radius 2 is 1.73 bits per heavy atom. The summed E-state index contributed by atoms with van der Waals surface area (Å²) in [6, 6.07) is 11.6. The number of hydrogen-bond acceptors (Lipinski definition) is 3. The number of ether oxygens (including phenoxy) is 2. The molecule has 0 unspecified atom stereocenters. The molecular formula is C23H26O3. The van der Waals surface area contributed by atoms with Gasteiger partial charge in [-0.05, 0) is 67.3 Å². The van der Waals surface area contributed by atoms with Gasteiger partial charge in [0.05, 0.1) is 12.2 Å². The Morgan fingerprint density at radius 3 is 2.46 bits per heavy atom. The summed E-state index contributed by atoms with van der Waals surface area (Å²) in [7, 11) is 0.